The molecule has 0 spiro atoms. The smallest absolute Gasteiger partial charge is 0.0471 e. The minimum atomic E-state index is 1.19. The third-order valence-corrected chi connectivity index (χ3v) is 4.59. The first kappa shape index (κ1) is 12.5. The van der Waals surface area contributed by atoms with Crippen LogP contribution in [0, 0.1) is 0 Å². The number of benzene rings is 4. The normalized spacial score (nSPS) is 11.5. The third-order valence-electron chi connectivity index (χ3n) is 4.59. The highest BCUT2D eigenvalue weighted by atomic mass is 14.7. The lowest BCUT2D eigenvalue weighted by molar-refractivity contribution is 1.55. The van der Waals surface area contributed by atoms with Crippen LogP contribution in [-0.2, 0) is 0 Å². The highest BCUT2D eigenvalue weighted by Gasteiger charge is 2.08. The second-order valence-corrected chi connectivity index (χ2v) is 5.96. The molecule has 1 N–H and O–H groups in total. The van der Waals surface area contributed by atoms with E-state index in [1.807, 2.05) is 0 Å². The van der Waals surface area contributed by atoms with E-state index in [0.29, 0.717) is 0 Å². The summed E-state index contributed by atoms with van der Waals surface area (Å²) < 4.78 is 0. The van der Waals surface area contributed by atoms with Crippen LogP contribution >= 0.6 is 0 Å². The summed E-state index contributed by atoms with van der Waals surface area (Å²) >= 11 is 0. The van der Waals surface area contributed by atoms with E-state index in [9.17, 15) is 0 Å². The maximum absolute atomic E-state index is 3.53. The van der Waals surface area contributed by atoms with Gasteiger partial charge in [-0.15, -0.1) is 0 Å². The molecule has 0 saturated heterocycles. The molecule has 0 saturated carbocycles. The Hall–Kier alpha value is -3.06. The maximum atomic E-state index is 3.53. The van der Waals surface area contributed by atoms with E-state index >= 15 is 0 Å². The fraction of sp³-hybridized carbons (Fsp3) is 0. The van der Waals surface area contributed by atoms with Crippen LogP contribution < -0.4 is 0 Å². The number of aromatic amines is 1. The van der Waals surface area contributed by atoms with Crippen molar-refractivity contribution in [2.75, 3.05) is 0 Å². The Morgan fingerprint density at radius 3 is 2.22 bits per heavy atom. The van der Waals surface area contributed by atoms with Crippen molar-refractivity contribution in [2.45, 2.75) is 0 Å². The van der Waals surface area contributed by atoms with Gasteiger partial charge >= 0.3 is 0 Å². The number of fused-ring (bicyclic) bond motifs is 5. The van der Waals surface area contributed by atoms with E-state index in [-0.39, 0.29) is 0 Å². The standard InChI is InChI=1S/C22H15N/c1-2-6-15(7-3-1)17-11-10-16-12-13-21-22(19(16)14-17)18-8-4-5-9-20(18)23-21/h1-14,23H. The summed E-state index contributed by atoms with van der Waals surface area (Å²) in [5, 5.41) is 5.19. The number of aromatic nitrogens is 1. The molecule has 0 atom stereocenters. The number of rotatable bonds is 1. The fourth-order valence-electron chi connectivity index (χ4n) is 3.48. The molecule has 0 aliphatic rings. The van der Waals surface area contributed by atoms with E-state index in [4.69, 9.17) is 0 Å². The van der Waals surface area contributed by atoms with Crippen molar-refractivity contribution in [1.82, 2.24) is 4.98 Å². The van der Waals surface area contributed by atoms with Gasteiger partial charge in [-0.1, -0.05) is 66.7 Å². The zero-order valence-electron chi connectivity index (χ0n) is 12.6. The lowest BCUT2D eigenvalue weighted by atomic mass is 9.98. The predicted octanol–water partition coefficient (Wildman–Crippen LogP) is 6.14. The third kappa shape index (κ3) is 1.87. The van der Waals surface area contributed by atoms with E-state index in [1.165, 1.54) is 43.7 Å². The lowest BCUT2D eigenvalue weighted by Crippen LogP contribution is -1.80. The van der Waals surface area contributed by atoms with Gasteiger partial charge in [0.25, 0.3) is 0 Å². The van der Waals surface area contributed by atoms with E-state index in [1.54, 1.807) is 0 Å². The molecule has 0 bridgehead atoms. The van der Waals surface area contributed by atoms with Gasteiger partial charge in [0.2, 0.25) is 0 Å². The van der Waals surface area contributed by atoms with Crippen molar-refractivity contribution in [2.24, 2.45) is 0 Å². The quantitative estimate of drug-likeness (QED) is 0.382. The number of nitrogens with one attached hydrogen (secondary N) is 1. The molecule has 0 radical (unpaired) electrons. The largest absolute Gasteiger partial charge is 0.354 e. The molecule has 23 heavy (non-hydrogen) atoms. The first-order valence-electron chi connectivity index (χ1n) is 7.89. The molecule has 1 nitrogen and oxygen atoms in total. The van der Waals surface area contributed by atoms with Crippen molar-refractivity contribution in [3.8, 4) is 11.1 Å². The van der Waals surface area contributed by atoms with Crippen LogP contribution in [0.25, 0.3) is 43.7 Å². The van der Waals surface area contributed by atoms with Gasteiger partial charge in [0.1, 0.15) is 0 Å². The zero-order valence-corrected chi connectivity index (χ0v) is 12.6. The summed E-state index contributed by atoms with van der Waals surface area (Å²) in [5.74, 6) is 0. The van der Waals surface area contributed by atoms with Crippen molar-refractivity contribution in [1.29, 1.82) is 0 Å². The van der Waals surface area contributed by atoms with E-state index in [0.717, 1.165) is 0 Å². The van der Waals surface area contributed by atoms with Gasteiger partial charge < -0.3 is 4.98 Å². The first-order valence-corrected chi connectivity index (χ1v) is 7.89. The molecule has 5 rings (SSSR count). The average molecular weight is 293 g/mol. The summed E-state index contributed by atoms with van der Waals surface area (Å²) in [7, 11) is 0. The van der Waals surface area contributed by atoms with Gasteiger partial charge in [0, 0.05) is 21.8 Å². The SMILES string of the molecule is c1ccc(-c2ccc3ccc4[nH]c5ccccc5c4c3c2)cc1. The van der Waals surface area contributed by atoms with E-state index in [2.05, 4.69) is 89.9 Å². The maximum Gasteiger partial charge on any atom is 0.0471 e. The van der Waals surface area contributed by atoms with Crippen LogP contribution in [0.15, 0.2) is 84.9 Å². The van der Waals surface area contributed by atoms with Crippen molar-refractivity contribution in [3.63, 3.8) is 0 Å². The van der Waals surface area contributed by atoms with Crippen LogP contribution in [0.3, 0.4) is 0 Å². The minimum absolute atomic E-state index is 1.19. The molecule has 1 heteroatoms. The summed E-state index contributed by atoms with van der Waals surface area (Å²) in [5.41, 5.74) is 4.91. The molecule has 0 fully saturated rings. The fourth-order valence-corrected chi connectivity index (χ4v) is 3.48. The van der Waals surface area contributed by atoms with Gasteiger partial charge in [-0.05, 0) is 40.1 Å². The molecule has 108 valence electrons. The monoisotopic (exact) mass is 293 g/mol. The zero-order chi connectivity index (χ0) is 15.2. The van der Waals surface area contributed by atoms with Gasteiger partial charge in [-0.25, -0.2) is 0 Å². The van der Waals surface area contributed by atoms with Gasteiger partial charge in [0.15, 0.2) is 0 Å². The van der Waals surface area contributed by atoms with Crippen molar-refractivity contribution < 1.29 is 0 Å². The van der Waals surface area contributed by atoms with E-state index < -0.39 is 0 Å². The minimum Gasteiger partial charge on any atom is -0.354 e. The molecule has 5 aromatic rings. The molecular weight excluding hydrogens is 278 g/mol. The first-order chi connectivity index (χ1) is 11.4. The Bertz CT molecular complexity index is 1150. The summed E-state index contributed by atoms with van der Waals surface area (Å²) in [6.07, 6.45) is 0. The number of para-hydroxylation sites is 1. The van der Waals surface area contributed by atoms with Gasteiger partial charge in [0.05, 0.1) is 0 Å². The number of H-pyrrole nitrogens is 1. The van der Waals surface area contributed by atoms with Crippen LogP contribution in [0.5, 0.6) is 0 Å². The molecule has 1 aromatic heterocycles. The van der Waals surface area contributed by atoms with Crippen molar-refractivity contribution in [3.05, 3.63) is 84.9 Å². The van der Waals surface area contributed by atoms with Crippen LogP contribution in [0.2, 0.25) is 0 Å². The summed E-state index contributed by atoms with van der Waals surface area (Å²) in [6, 6.07) is 30.2. The average Bonchev–Trinajstić information content (AvgIpc) is 3.01. The molecule has 0 amide bonds. The predicted molar refractivity (Wildman–Crippen MR) is 98.7 cm³/mol. The topological polar surface area (TPSA) is 15.8 Å². The number of hydrogen-bond donors (Lipinski definition) is 1. The second-order valence-electron chi connectivity index (χ2n) is 5.96. The Balaban J connectivity index is 1.91. The highest BCUT2D eigenvalue weighted by Crippen LogP contribution is 2.34. The second kappa shape index (κ2) is 4.72. The molecular formula is C22H15N. The number of hydrogen-bond acceptors (Lipinski definition) is 0. The summed E-state index contributed by atoms with van der Waals surface area (Å²) in [6.45, 7) is 0. The van der Waals surface area contributed by atoms with Crippen LogP contribution in [0.1, 0.15) is 0 Å². The van der Waals surface area contributed by atoms with Crippen molar-refractivity contribution >= 4 is 32.6 Å². The molecule has 0 unspecified atom stereocenters. The van der Waals surface area contributed by atoms with Crippen LogP contribution in [0.4, 0.5) is 0 Å². The molecule has 4 aromatic carbocycles. The molecule has 0 aliphatic heterocycles. The Labute approximate surface area is 134 Å². The van der Waals surface area contributed by atoms with Gasteiger partial charge in [-0.2, -0.15) is 0 Å². The van der Waals surface area contributed by atoms with Crippen LogP contribution in [-0.4, -0.2) is 4.98 Å². The Morgan fingerprint density at radius 2 is 1.30 bits per heavy atom. The molecule has 0 aliphatic carbocycles. The summed E-state index contributed by atoms with van der Waals surface area (Å²) in [4.78, 5) is 3.53. The lowest BCUT2D eigenvalue weighted by Gasteiger charge is -2.06. The highest BCUT2D eigenvalue weighted by molar-refractivity contribution is 6.20. The Kier molecular flexibility index (Phi) is 2.56. The van der Waals surface area contributed by atoms with Gasteiger partial charge in [-0.3, -0.25) is 0 Å². The Morgan fingerprint density at radius 1 is 0.522 bits per heavy atom. The molecule has 1 heterocycles.